The first kappa shape index (κ1) is 14.5. The van der Waals surface area contributed by atoms with Crippen LogP contribution < -0.4 is 0 Å². The van der Waals surface area contributed by atoms with E-state index in [0.717, 1.165) is 18.4 Å². The fraction of sp³-hybridized carbons (Fsp3) is 0.211. The molecule has 0 fully saturated rings. The molecule has 0 amide bonds. The van der Waals surface area contributed by atoms with Gasteiger partial charge in [0, 0.05) is 6.08 Å². The van der Waals surface area contributed by atoms with Crippen molar-refractivity contribution < 1.29 is 14.3 Å². The lowest BCUT2D eigenvalue weighted by atomic mass is 9.87. The predicted molar refractivity (Wildman–Crippen MR) is 84.2 cm³/mol. The second kappa shape index (κ2) is 6.14. The average molecular weight is 296 g/mol. The van der Waals surface area contributed by atoms with E-state index < -0.39 is 5.97 Å². The molecule has 1 aliphatic rings. The third kappa shape index (κ3) is 3.08. The molecule has 2 aromatic carbocycles. The van der Waals surface area contributed by atoms with Crippen molar-refractivity contribution in [3.63, 3.8) is 0 Å². The molecule has 0 radical (unpaired) electrons. The molecule has 2 nitrogen and oxygen atoms in total. The van der Waals surface area contributed by atoms with E-state index in [1.807, 2.05) is 6.07 Å². The van der Waals surface area contributed by atoms with Crippen molar-refractivity contribution in [1.29, 1.82) is 0 Å². The van der Waals surface area contributed by atoms with Gasteiger partial charge >= 0.3 is 5.97 Å². The molecule has 0 saturated heterocycles. The summed E-state index contributed by atoms with van der Waals surface area (Å²) in [6.07, 6.45) is 5.70. The van der Waals surface area contributed by atoms with Crippen molar-refractivity contribution >= 4 is 11.5 Å². The molecule has 1 N–H and O–H groups in total. The highest BCUT2D eigenvalue weighted by Gasteiger charge is 2.13. The van der Waals surface area contributed by atoms with Crippen LogP contribution >= 0.6 is 0 Å². The first-order valence-corrected chi connectivity index (χ1v) is 7.46. The van der Waals surface area contributed by atoms with E-state index in [4.69, 9.17) is 5.11 Å². The molecular weight excluding hydrogens is 279 g/mol. The van der Waals surface area contributed by atoms with Crippen LogP contribution in [0.15, 0.2) is 48.5 Å². The Morgan fingerprint density at radius 2 is 1.59 bits per heavy atom. The van der Waals surface area contributed by atoms with Gasteiger partial charge in [0.05, 0.1) is 0 Å². The maximum atomic E-state index is 13.1. The van der Waals surface area contributed by atoms with Crippen molar-refractivity contribution in [3.05, 3.63) is 76.6 Å². The predicted octanol–water partition coefficient (Wildman–Crippen LogP) is 4.22. The monoisotopic (exact) mass is 296 g/mol. The van der Waals surface area contributed by atoms with E-state index in [0.29, 0.717) is 11.1 Å². The van der Waals surface area contributed by atoms with Gasteiger partial charge in [0.2, 0.25) is 0 Å². The highest BCUT2D eigenvalue weighted by Crippen LogP contribution is 2.29. The Morgan fingerprint density at radius 1 is 0.955 bits per heavy atom. The van der Waals surface area contributed by atoms with Crippen molar-refractivity contribution in [2.75, 3.05) is 0 Å². The summed E-state index contributed by atoms with van der Waals surface area (Å²) in [7, 11) is 0. The van der Waals surface area contributed by atoms with Gasteiger partial charge < -0.3 is 5.11 Å². The molecule has 0 bridgehead atoms. The maximum Gasteiger partial charge on any atom is 0.328 e. The lowest BCUT2D eigenvalue weighted by molar-refractivity contribution is -0.131. The number of benzene rings is 2. The number of hydrogen-bond acceptors (Lipinski definition) is 1. The van der Waals surface area contributed by atoms with Gasteiger partial charge in [-0.25, -0.2) is 9.18 Å². The van der Waals surface area contributed by atoms with Gasteiger partial charge in [0.1, 0.15) is 5.82 Å². The molecular formula is C19H17FO2. The van der Waals surface area contributed by atoms with E-state index in [-0.39, 0.29) is 5.82 Å². The minimum Gasteiger partial charge on any atom is -0.478 e. The van der Waals surface area contributed by atoms with Crippen molar-refractivity contribution in [2.45, 2.75) is 25.7 Å². The molecule has 0 heterocycles. The number of aryl methyl sites for hydroxylation is 2. The van der Waals surface area contributed by atoms with Gasteiger partial charge in [0.15, 0.2) is 0 Å². The number of aliphatic carboxylic acids is 1. The average Bonchev–Trinajstić information content (AvgIpc) is 2.53. The number of halogens is 1. The standard InChI is InChI=1S/C19H17FO2/c20-17-9-7-14(8-10-17)18(12-19(21)22)16-6-5-13-3-1-2-4-15(13)11-16/h5-12H,1-4H2,(H,21,22)/b18-12+. The van der Waals surface area contributed by atoms with Gasteiger partial charge in [0.25, 0.3) is 0 Å². The fourth-order valence-corrected chi connectivity index (χ4v) is 2.99. The third-order valence-corrected chi connectivity index (χ3v) is 4.08. The van der Waals surface area contributed by atoms with Crippen LogP contribution in [0.4, 0.5) is 4.39 Å². The second-order valence-corrected chi connectivity index (χ2v) is 5.59. The molecule has 0 saturated carbocycles. The SMILES string of the molecule is O=C(O)/C=C(\c1ccc(F)cc1)c1ccc2c(c1)CCCC2. The van der Waals surface area contributed by atoms with Crippen molar-refractivity contribution in [3.8, 4) is 0 Å². The zero-order valence-corrected chi connectivity index (χ0v) is 12.2. The lowest BCUT2D eigenvalue weighted by Gasteiger charge is -2.17. The summed E-state index contributed by atoms with van der Waals surface area (Å²) < 4.78 is 13.1. The Balaban J connectivity index is 2.06. The number of carboxylic acid groups (broad SMARTS) is 1. The molecule has 0 unspecified atom stereocenters. The molecule has 0 atom stereocenters. The fourth-order valence-electron chi connectivity index (χ4n) is 2.99. The summed E-state index contributed by atoms with van der Waals surface area (Å²) in [6.45, 7) is 0. The Morgan fingerprint density at radius 3 is 2.27 bits per heavy atom. The van der Waals surface area contributed by atoms with E-state index in [1.165, 1.54) is 42.2 Å². The molecule has 1 aliphatic carbocycles. The summed E-state index contributed by atoms with van der Waals surface area (Å²) in [5.74, 6) is -1.33. The number of fused-ring (bicyclic) bond motifs is 1. The number of hydrogen-bond donors (Lipinski definition) is 1. The maximum absolute atomic E-state index is 13.1. The van der Waals surface area contributed by atoms with Crippen LogP contribution in [0.25, 0.3) is 5.57 Å². The van der Waals surface area contributed by atoms with Crippen LogP contribution in [0.5, 0.6) is 0 Å². The second-order valence-electron chi connectivity index (χ2n) is 5.59. The van der Waals surface area contributed by atoms with Crippen LogP contribution in [0.1, 0.15) is 35.1 Å². The molecule has 112 valence electrons. The van der Waals surface area contributed by atoms with E-state index in [2.05, 4.69) is 12.1 Å². The Bertz CT molecular complexity index is 730. The smallest absolute Gasteiger partial charge is 0.328 e. The molecule has 3 heteroatoms. The minimum absolute atomic E-state index is 0.330. The summed E-state index contributed by atoms with van der Waals surface area (Å²) >= 11 is 0. The number of rotatable bonds is 3. The van der Waals surface area contributed by atoms with Crippen LogP contribution in [-0.2, 0) is 17.6 Å². The first-order chi connectivity index (χ1) is 10.6. The zero-order valence-electron chi connectivity index (χ0n) is 12.2. The zero-order chi connectivity index (χ0) is 15.5. The van der Waals surface area contributed by atoms with Gasteiger partial charge in [-0.2, -0.15) is 0 Å². The normalized spacial score (nSPS) is 14.5. The molecule has 0 aliphatic heterocycles. The number of carbonyl (C=O) groups is 1. The summed E-state index contributed by atoms with van der Waals surface area (Å²) in [4.78, 5) is 11.2. The molecule has 0 aromatic heterocycles. The Labute approximate surface area is 128 Å². The molecule has 0 spiro atoms. The van der Waals surface area contributed by atoms with Crippen LogP contribution in [0.2, 0.25) is 0 Å². The highest BCUT2D eigenvalue weighted by atomic mass is 19.1. The van der Waals surface area contributed by atoms with E-state index >= 15 is 0 Å². The highest BCUT2D eigenvalue weighted by molar-refractivity contribution is 5.95. The van der Waals surface area contributed by atoms with E-state index in [9.17, 15) is 9.18 Å². The number of carboxylic acids is 1. The third-order valence-electron chi connectivity index (χ3n) is 4.08. The molecule has 3 rings (SSSR count). The molecule has 22 heavy (non-hydrogen) atoms. The van der Waals surface area contributed by atoms with Crippen molar-refractivity contribution in [1.82, 2.24) is 0 Å². The topological polar surface area (TPSA) is 37.3 Å². The van der Waals surface area contributed by atoms with Crippen LogP contribution in [-0.4, -0.2) is 11.1 Å². The van der Waals surface area contributed by atoms with Gasteiger partial charge in [-0.05, 0) is 65.6 Å². The van der Waals surface area contributed by atoms with Crippen LogP contribution in [0.3, 0.4) is 0 Å². The van der Waals surface area contributed by atoms with Gasteiger partial charge in [-0.1, -0.05) is 30.3 Å². The van der Waals surface area contributed by atoms with E-state index in [1.54, 1.807) is 12.1 Å². The summed E-state index contributed by atoms with van der Waals surface area (Å²) in [6, 6.07) is 12.1. The first-order valence-electron chi connectivity index (χ1n) is 7.46. The van der Waals surface area contributed by atoms with Crippen LogP contribution in [0, 0.1) is 5.82 Å². The van der Waals surface area contributed by atoms with Gasteiger partial charge in [-0.3, -0.25) is 0 Å². The lowest BCUT2D eigenvalue weighted by Crippen LogP contribution is -2.04. The van der Waals surface area contributed by atoms with Crippen molar-refractivity contribution in [2.24, 2.45) is 0 Å². The summed E-state index contributed by atoms with van der Waals surface area (Å²) in [5, 5.41) is 9.15. The Kier molecular flexibility index (Phi) is 4.05. The summed E-state index contributed by atoms with van der Waals surface area (Å²) in [5.41, 5.74) is 4.83. The minimum atomic E-state index is -1.00. The Hall–Kier alpha value is -2.42. The van der Waals surface area contributed by atoms with Gasteiger partial charge in [-0.15, -0.1) is 0 Å². The molecule has 2 aromatic rings. The quantitative estimate of drug-likeness (QED) is 0.861. The largest absolute Gasteiger partial charge is 0.478 e.